The van der Waals surface area contributed by atoms with Crippen LogP contribution in [-0.2, 0) is 0 Å². The van der Waals surface area contributed by atoms with E-state index >= 15 is 0 Å². The summed E-state index contributed by atoms with van der Waals surface area (Å²) in [7, 11) is 0. The van der Waals surface area contributed by atoms with Crippen LogP contribution in [0.15, 0.2) is 0 Å². The molecule has 1 saturated carbocycles. The number of hydrogen-bond donors (Lipinski definition) is 0. The highest BCUT2D eigenvalue weighted by molar-refractivity contribution is 4.98. The summed E-state index contributed by atoms with van der Waals surface area (Å²) in [5, 5.41) is 8.92. The molecule has 2 fully saturated rings. The largest absolute Gasteiger partial charge is 0.299 e. The summed E-state index contributed by atoms with van der Waals surface area (Å²) < 4.78 is 0. The highest BCUT2D eigenvalue weighted by Gasteiger charge is 2.32. The monoisotopic (exact) mass is 164 g/mol. The lowest BCUT2D eigenvalue weighted by atomic mass is 10.0. The molecule has 1 heterocycles. The van der Waals surface area contributed by atoms with Gasteiger partial charge in [0.25, 0.3) is 0 Å². The van der Waals surface area contributed by atoms with Gasteiger partial charge in [0.05, 0.1) is 12.0 Å². The standard InChI is InChI=1S/C10H16N2/c11-8-9-4-3-5-10(9)12-6-1-2-7-12/h9-10H,1-7H2. The van der Waals surface area contributed by atoms with Crippen molar-refractivity contribution in [2.75, 3.05) is 13.1 Å². The Morgan fingerprint density at radius 2 is 1.83 bits per heavy atom. The smallest absolute Gasteiger partial charge is 0.0672 e. The van der Waals surface area contributed by atoms with Crippen LogP contribution in [0.25, 0.3) is 0 Å². The molecule has 1 saturated heterocycles. The summed E-state index contributed by atoms with van der Waals surface area (Å²) in [6.45, 7) is 2.48. The minimum Gasteiger partial charge on any atom is -0.299 e. The molecule has 66 valence electrons. The lowest BCUT2D eigenvalue weighted by Gasteiger charge is -2.25. The zero-order chi connectivity index (χ0) is 8.39. The van der Waals surface area contributed by atoms with Gasteiger partial charge in [0.15, 0.2) is 0 Å². The SMILES string of the molecule is N#CC1CCCC1N1CCCC1. The molecule has 0 spiro atoms. The molecule has 2 aliphatic rings. The van der Waals surface area contributed by atoms with E-state index < -0.39 is 0 Å². The third kappa shape index (κ3) is 1.34. The minimum absolute atomic E-state index is 0.336. The Hall–Kier alpha value is -0.550. The Bertz CT molecular complexity index is 189. The molecule has 0 aromatic carbocycles. The second kappa shape index (κ2) is 3.45. The molecule has 1 aliphatic heterocycles. The van der Waals surface area contributed by atoms with Crippen LogP contribution in [0, 0.1) is 17.2 Å². The third-order valence-corrected chi connectivity index (χ3v) is 3.25. The van der Waals surface area contributed by atoms with Crippen molar-refractivity contribution in [1.82, 2.24) is 4.90 Å². The molecule has 0 amide bonds. The zero-order valence-corrected chi connectivity index (χ0v) is 7.50. The van der Waals surface area contributed by atoms with E-state index in [4.69, 9.17) is 5.26 Å². The third-order valence-electron chi connectivity index (χ3n) is 3.25. The quantitative estimate of drug-likeness (QED) is 0.590. The Labute approximate surface area is 74.2 Å². The maximum atomic E-state index is 8.92. The zero-order valence-electron chi connectivity index (χ0n) is 7.50. The van der Waals surface area contributed by atoms with Crippen molar-refractivity contribution in [3.8, 4) is 6.07 Å². The van der Waals surface area contributed by atoms with Crippen molar-refractivity contribution in [3.05, 3.63) is 0 Å². The highest BCUT2D eigenvalue weighted by Crippen LogP contribution is 2.31. The average Bonchev–Trinajstić information content (AvgIpc) is 2.74. The molecular weight excluding hydrogens is 148 g/mol. The van der Waals surface area contributed by atoms with Crippen LogP contribution < -0.4 is 0 Å². The van der Waals surface area contributed by atoms with E-state index in [0.29, 0.717) is 12.0 Å². The van der Waals surface area contributed by atoms with Crippen molar-refractivity contribution < 1.29 is 0 Å². The molecule has 0 bridgehead atoms. The average molecular weight is 164 g/mol. The summed E-state index contributed by atoms with van der Waals surface area (Å²) in [6, 6.07) is 3.06. The number of hydrogen-bond acceptors (Lipinski definition) is 2. The first-order valence-electron chi connectivity index (χ1n) is 5.05. The van der Waals surface area contributed by atoms with E-state index in [-0.39, 0.29) is 0 Å². The van der Waals surface area contributed by atoms with Gasteiger partial charge in [-0.1, -0.05) is 6.42 Å². The van der Waals surface area contributed by atoms with Crippen LogP contribution in [0.5, 0.6) is 0 Å². The van der Waals surface area contributed by atoms with Gasteiger partial charge in [-0.25, -0.2) is 0 Å². The van der Waals surface area contributed by atoms with Crippen LogP contribution in [0.3, 0.4) is 0 Å². The van der Waals surface area contributed by atoms with Gasteiger partial charge >= 0.3 is 0 Å². The lowest BCUT2D eigenvalue weighted by Crippen LogP contribution is -2.34. The second-order valence-electron chi connectivity index (χ2n) is 3.98. The number of rotatable bonds is 1. The molecule has 2 heteroatoms. The summed E-state index contributed by atoms with van der Waals surface area (Å²) in [4.78, 5) is 2.53. The molecule has 0 radical (unpaired) electrons. The highest BCUT2D eigenvalue weighted by atomic mass is 15.2. The van der Waals surface area contributed by atoms with E-state index in [1.165, 1.54) is 38.8 Å². The first kappa shape index (κ1) is 8.07. The van der Waals surface area contributed by atoms with Crippen LogP contribution in [0.2, 0.25) is 0 Å². The predicted molar refractivity (Wildman–Crippen MR) is 47.5 cm³/mol. The van der Waals surface area contributed by atoms with E-state index in [2.05, 4.69) is 11.0 Å². The molecule has 2 rings (SSSR count). The van der Waals surface area contributed by atoms with Crippen LogP contribution in [0.4, 0.5) is 0 Å². The first-order valence-corrected chi connectivity index (χ1v) is 5.05. The van der Waals surface area contributed by atoms with Crippen molar-refractivity contribution in [2.24, 2.45) is 5.92 Å². The van der Waals surface area contributed by atoms with E-state index in [1.54, 1.807) is 0 Å². The van der Waals surface area contributed by atoms with Crippen LogP contribution in [0.1, 0.15) is 32.1 Å². The molecule has 0 aromatic rings. The van der Waals surface area contributed by atoms with Gasteiger partial charge in [0, 0.05) is 6.04 Å². The van der Waals surface area contributed by atoms with E-state index in [9.17, 15) is 0 Å². The van der Waals surface area contributed by atoms with Crippen molar-refractivity contribution in [2.45, 2.75) is 38.1 Å². The first-order chi connectivity index (χ1) is 5.92. The Balaban J connectivity index is 1.97. The van der Waals surface area contributed by atoms with Crippen molar-refractivity contribution in [1.29, 1.82) is 5.26 Å². The van der Waals surface area contributed by atoms with E-state index in [0.717, 1.165) is 6.42 Å². The van der Waals surface area contributed by atoms with Gasteiger partial charge in [-0.2, -0.15) is 5.26 Å². The van der Waals surface area contributed by atoms with Gasteiger partial charge in [-0.15, -0.1) is 0 Å². The molecule has 0 N–H and O–H groups in total. The Morgan fingerprint density at radius 1 is 1.08 bits per heavy atom. The summed E-state index contributed by atoms with van der Waals surface area (Å²) in [5.41, 5.74) is 0. The number of nitriles is 1. The Kier molecular flexibility index (Phi) is 2.32. The fraction of sp³-hybridized carbons (Fsp3) is 0.900. The lowest BCUT2D eigenvalue weighted by molar-refractivity contribution is 0.221. The predicted octanol–water partition coefficient (Wildman–Crippen LogP) is 1.77. The molecule has 0 aromatic heterocycles. The maximum Gasteiger partial charge on any atom is 0.0672 e. The maximum absolute atomic E-state index is 8.92. The van der Waals surface area contributed by atoms with Crippen molar-refractivity contribution >= 4 is 0 Å². The van der Waals surface area contributed by atoms with Gasteiger partial charge in [-0.05, 0) is 38.8 Å². The molecule has 2 nitrogen and oxygen atoms in total. The molecule has 2 unspecified atom stereocenters. The second-order valence-corrected chi connectivity index (χ2v) is 3.98. The van der Waals surface area contributed by atoms with Crippen LogP contribution >= 0.6 is 0 Å². The van der Waals surface area contributed by atoms with Gasteiger partial charge in [0.2, 0.25) is 0 Å². The molecule has 1 aliphatic carbocycles. The normalized spacial score (nSPS) is 36.9. The number of likely N-dealkylation sites (tertiary alicyclic amines) is 1. The summed E-state index contributed by atoms with van der Waals surface area (Å²) in [5.74, 6) is 0.336. The number of nitrogens with zero attached hydrogens (tertiary/aromatic N) is 2. The fourth-order valence-corrected chi connectivity index (χ4v) is 2.60. The van der Waals surface area contributed by atoms with Crippen LogP contribution in [-0.4, -0.2) is 24.0 Å². The summed E-state index contributed by atoms with van der Waals surface area (Å²) >= 11 is 0. The van der Waals surface area contributed by atoms with E-state index in [1.807, 2.05) is 0 Å². The fourth-order valence-electron chi connectivity index (χ4n) is 2.60. The molecular formula is C10H16N2. The minimum atomic E-state index is 0.336. The Morgan fingerprint density at radius 3 is 2.50 bits per heavy atom. The van der Waals surface area contributed by atoms with Crippen molar-refractivity contribution in [3.63, 3.8) is 0 Å². The van der Waals surface area contributed by atoms with Gasteiger partial charge < -0.3 is 0 Å². The van der Waals surface area contributed by atoms with Gasteiger partial charge in [-0.3, -0.25) is 4.90 Å². The molecule has 12 heavy (non-hydrogen) atoms. The topological polar surface area (TPSA) is 27.0 Å². The summed E-state index contributed by atoms with van der Waals surface area (Å²) in [6.07, 6.45) is 6.35. The molecule has 2 atom stereocenters. The van der Waals surface area contributed by atoms with Gasteiger partial charge in [0.1, 0.15) is 0 Å².